The maximum absolute atomic E-state index is 2.72. The quantitative estimate of drug-likeness (QED) is 0.561. The predicted molar refractivity (Wildman–Crippen MR) is 55.9 cm³/mol. The zero-order valence-corrected chi connectivity index (χ0v) is 9.37. The molecule has 7 aliphatic rings. The lowest BCUT2D eigenvalue weighted by Crippen LogP contribution is -3.07. The van der Waals surface area contributed by atoms with Gasteiger partial charge in [-0.1, -0.05) is 6.92 Å². The highest BCUT2D eigenvalue weighted by Gasteiger charge is 3.09. The Morgan fingerprint density at radius 1 is 0.867 bits per heavy atom. The largest absolute Gasteiger partial charge is 0.0585 e. The molecule has 0 nitrogen and oxygen atoms in total. The van der Waals surface area contributed by atoms with Crippen LogP contribution in [-0.4, -0.2) is 0 Å². The van der Waals surface area contributed by atoms with Crippen molar-refractivity contribution >= 4 is 0 Å². The Hall–Kier alpha value is 0. The molecule has 7 rings (SSSR count). The average Bonchev–Trinajstić information content (AvgIpc) is 2.34. The summed E-state index contributed by atoms with van der Waals surface area (Å²) in [5.41, 5.74) is 2.96. The van der Waals surface area contributed by atoms with Gasteiger partial charge in [0.15, 0.2) is 0 Å². The molecule has 15 heavy (non-hydrogen) atoms. The SMILES string of the molecule is CC12C3CCC1C1C4CC5CC6C3C12C564. The lowest BCUT2D eigenvalue weighted by molar-refractivity contribution is -0.639. The van der Waals surface area contributed by atoms with Crippen molar-refractivity contribution in [2.75, 3.05) is 0 Å². The summed E-state index contributed by atoms with van der Waals surface area (Å²) in [6.07, 6.45) is 6.61. The normalized spacial score (nSPS) is 95.4. The maximum atomic E-state index is 2.72. The summed E-state index contributed by atoms with van der Waals surface area (Å²) >= 11 is 0. The number of hydrogen-bond donors (Lipinski definition) is 0. The third-order valence-electron chi connectivity index (χ3n) is 9.70. The van der Waals surface area contributed by atoms with Gasteiger partial charge in [-0.15, -0.1) is 0 Å². The topological polar surface area (TPSA) is 0 Å². The lowest BCUT2D eigenvalue weighted by atomic mass is 8.93. The van der Waals surface area contributed by atoms with Gasteiger partial charge in [-0.25, -0.2) is 0 Å². The summed E-state index contributed by atoms with van der Waals surface area (Å²) in [6, 6.07) is 0. The zero-order valence-electron chi connectivity index (χ0n) is 9.37. The molecule has 0 radical (unpaired) electrons. The van der Waals surface area contributed by atoms with Crippen molar-refractivity contribution in [3.05, 3.63) is 0 Å². The molecular weight excluding hydrogens is 180 g/mol. The number of hydrogen-bond acceptors (Lipinski definition) is 0. The van der Waals surface area contributed by atoms with Gasteiger partial charge in [0.2, 0.25) is 0 Å². The maximum Gasteiger partial charge on any atom is -0.0106 e. The first-order valence-electron chi connectivity index (χ1n) is 7.30. The van der Waals surface area contributed by atoms with E-state index in [2.05, 4.69) is 6.92 Å². The summed E-state index contributed by atoms with van der Waals surface area (Å²) in [6.45, 7) is 2.72. The van der Waals surface area contributed by atoms with E-state index in [1.165, 1.54) is 41.4 Å². The van der Waals surface area contributed by atoms with Crippen molar-refractivity contribution in [1.82, 2.24) is 0 Å². The summed E-state index contributed by atoms with van der Waals surface area (Å²) in [4.78, 5) is 0. The molecule has 0 saturated heterocycles. The van der Waals surface area contributed by atoms with E-state index in [1.807, 2.05) is 0 Å². The van der Waals surface area contributed by atoms with Crippen LogP contribution in [0.5, 0.6) is 0 Å². The number of rotatable bonds is 0. The van der Waals surface area contributed by atoms with E-state index in [1.54, 1.807) is 25.7 Å². The Bertz CT molecular complexity index is 427. The molecule has 0 bridgehead atoms. The minimum atomic E-state index is 0.911. The lowest BCUT2D eigenvalue weighted by Gasteiger charge is -3.10. The minimum Gasteiger partial charge on any atom is -0.0585 e. The van der Waals surface area contributed by atoms with Gasteiger partial charge in [0.05, 0.1) is 0 Å². The van der Waals surface area contributed by atoms with Crippen molar-refractivity contribution in [2.24, 2.45) is 57.7 Å². The second kappa shape index (κ2) is 1.28. The van der Waals surface area contributed by atoms with E-state index in [-0.39, 0.29) is 0 Å². The van der Waals surface area contributed by atoms with Crippen LogP contribution >= 0.6 is 0 Å². The molecule has 0 N–H and O–H groups in total. The van der Waals surface area contributed by atoms with Gasteiger partial charge in [-0.3, -0.25) is 0 Å². The van der Waals surface area contributed by atoms with E-state index in [4.69, 9.17) is 0 Å². The van der Waals surface area contributed by atoms with Gasteiger partial charge >= 0.3 is 0 Å². The van der Waals surface area contributed by atoms with E-state index in [9.17, 15) is 0 Å². The van der Waals surface area contributed by atoms with Crippen LogP contribution in [0.1, 0.15) is 32.6 Å². The summed E-state index contributed by atoms with van der Waals surface area (Å²) in [5, 5.41) is 0. The molecular formula is C15H18. The monoisotopic (exact) mass is 198 g/mol. The third kappa shape index (κ3) is 0.255. The van der Waals surface area contributed by atoms with Gasteiger partial charge < -0.3 is 0 Å². The molecule has 0 aromatic carbocycles. The van der Waals surface area contributed by atoms with Gasteiger partial charge in [0, 0.05) is 0 Å². The molecule has 7 fully saturated rings. The van der Waals surface area contributed by atoms with E-state index in [0.717, 1.165) is 16.2 Å². The summed E-state index contributed by atoms with van der Waals surface area (Å²) in [7, 11) is 0. The van der Waals surface area contributed by atoms with Crippen LogP contribution < -0.4 is 0 Å². The molecule has 0 heteroatoms. The van der Waals surface area contributed by atoms with Crippen LogP contribution in [0.15, 0.2) is 0 Å². The van der Waals surface area contributed by atoms with E-state index < -0.39 is 0 Å². The highest BCUT2D eigenvalue weighted by Crippen LogP contribution is 3.13. The molecule has 7 aliphatic carbocycles. The first kappa shape index (κ1) is 6.67. The molecule has 0 amide bonds. The van der Waals surface area contributed by atoms with Gasteiger partial charge in [-0.2, -0.15) is 0 Å². The second-order valence-electron chi connectivity index (χ2n) is 8.31. The van der Waals surface area contributed by atoms with Crippen LogP contribution in [0.3, 0.4) is 0 Å². The average molecular weight is 198 g/mol. The van der Waals surface area contributed by atoms with Crippen LogP contribution in [0.4, 0.5) is 0 Å². The predicted octanol–water partition coefficient (Wildman–Crippen LogP) is 2.93. The standard InChI is InChI=1S/C15H18/c1-13-7-2-3-8(13)12-10-5-6-4-9-11(7)15(12,13)14(6,9)10/h6-12H,2-5H2,1H3. The molecule has 6 atom stereocenters. The fourth-order valence-electron chi connectivity index (χ4n) is 10.3. The van der Waals surface area contributed by atoms with Crippen LogP contribution in [0, 0.1) is 57.7 Å². The highest BCUT2D eigenvalue weighted by atomic mass is 15.1. The zero-order chi connectivity index (χ0) is 9.37. The molecule has 7 saturated carbocycles. The van der Waals surface area contributed by atoms with E-state index >= 15 is 0 Å². The Morgan fingerprint density at radius 2 is 1.47 bits per heavy atom. The fraction of sp³-hybridized carbons (Fsp3) is 1.00. The Morgan fingerprint density at radius 3 is 2.00 bits per heavy atom. The Labute approximate surface area is 90.8 Å². The Balaban J connectivity index is 1.59. The fourth-order valence-corrected chi connectivity index (χ4v) is 10.3. The highest BCUT2D eigenvalue weighted by molar-refractivity contribution is 5.55. The smallest absolute Gasteiger partial charge is 0.0106 e. The molecule has 0 aromatic heterocycles. The summed E-state index contributed by atoms with van der Waals surface area (Å²) in [5.74, 6) is 8.79. The minimum absolute atomic E-state index is 0.911. The third-order valence-corrected chi connectivity index (χ3v) is 9.70. The molecule has 78 valence electrons. The van der Waals surface area contributed by atoms with Crippen LogP contribution in [-0.2, 0) is 0 Å². The van der Waals surface area contributed by atoms with Crippen LogP contribution in [0.25, 0.3) is 0 Å². The number of fused-ring (bicyclic) bond motifs is 4. The van der Waals surface area contributed by atoms with Crippen LogP contribution in [0.2, 0.25) is 0 Å². The summed E-state index contributed by atoms with van der Waals surface area (Å²) < 4.78 is 0. The first-order valence-corrected chi connectivity index (χ1v) is 7.30. The molecule has 0 heterocycles. The van der Waals surface area contributed by atoms with Crippen molar-refractivity contribution < 1.29 is 0 Å². The Kier molecular flexibility index (Phi) is 0.569. The molecule has 6 unspecified atom stereocenters. The van der Waals surface area contributed by atoms with Crippen molar-refractivity contribution in [1.29, 1.82) is 0 Å². The molecule has 0 aromatic rings. The van der Waals surface area contributed by atoms with Gasteiger partial charge in [0.1, 0.15) is 0 Å². The van der Waals surface area contributed by atoms with Gasteiger partial charge in [0.25, 0.3) is 0 Å². The van der Waals surface area contributed by atoms with Crippen molar-refractivity contribution in [3.63, 3.8) is 0 Å². The molecule has 0 aliphatic heterocycles. The van der Waals surface area contributed by atoms with Gasteiger partial charge in [-0.05, 0) is 83.4 Å². The first-order chi connectivity index (χ1) is 7.30. The molecule has 2 spiro atoms. The second-order valence-corrected chi connectivity index (χ2v) is 8.31. The van der Waals surface area contributed by atoms with Crippen molar-refractivity contribution in [3.8, 4) is 0 Å². The van der Waals surface area contributed by atoms with Crippen molar-refractivity contribution in [2.45, 2.75) is 32.6 Å². The van der Waals surface area contributed by atoms with E-state index in [0.29, 0.717) is 0 Å².